The summed E-state index contributed by atoms with van der Waals surface area (Å²) >= 11 is 0. The Morgan fingerprint density at radius 2 is 1.69 bits per heavy atom. The van der Waals surface area contributed by atoms with Crippen LogP contribution < -0.4 is 10.1 Å². The van der Waals surface area contributed by atoms with Gasteiger partial charge in [0, 0.05) is 19.2 Å². The van der Waals surface area contributed by atoms with Crippen LogP contribution in [0.1, 0.15) is 82.1 Å². The van der Waals surface area contributed by atoms with Gasteiger partial charge >= 0.3 is 5.97 Å². The molecule has 3 rings (SSSR count). The van der Waals surface area contributed by atoms with Gasteiger partial charge in [0.05, 0.1) is 5.69 Å². The van der Waals surface area contributed by atoms with Crippen LogP contribution in [0.5, 0.6) is 5.75 Å². The maximum absolute atomic E-state index is 11.0. The largest absolute Gasteiger partial charge is 0.478 e. The molecule has 2 aromatic carbocycles. The number of aromatic nitrogens is 2. The van der Waals surface area contributed by atoms with Crippen LogP contribution in [0.2, 0.25) is 0 Å². The second-order valence-corrected chi connectivity index (χ2v) is 11.4. The van der Waals surface area contributed by atoms with Crippen molar-refractivity contribution < 1.29 is 19.4 Å². The van der Waals surface area contributed by atoms with Gasteiger partial charge in [-0.25, -0.2) is 4.79 Å². The van der Waals surface area contributed by atoms with E-state index in [0.29, 0.717) is 11.4 Å². The molecule has 0 saturated carbocycles. The van der Waals surface area contributed by atoms with Crippen molar-refractivity contribution in [2.45, 2.75) is 79.4 Å². The molecule has 7 heteroatoms. The second-order valence-electron chi connectivity index (χ2n) is 11.4. The van der Waals surface area contributed by atoms with Crippen LogP contribution in [-0.4, -0.2) is 39.8 Å². The van der Waals surface area contributed by atoms with E-state index in [0.717, 1.165) is 41.6 Å². The highest BCUT2D eigenvalue weighted by Crippen LogP contribution is 2.26. The fourth-order valence-corrected chi connectivity index (χ4v) is 3.59. The molecule has 228 valence electrons. The Hall–Kier alpha value is -3.97. The molecule has 0 saturated heterocycles. The van der Waals surface area contributed by atoms with Gasteiger partial charge in [-0.2, -0.15) is 5.10 Å². The van der Waals surface area contributed by atoms with E-state index in [1.165, 1.54) is 5.56 Å². The lowest BCUT2D eigenvalue weighted by Crippen LogP contribution is -2.38. The number of carboxylic acid groups (broad SMARTS) is 1. The summed E-state index contributed by atoms with van der Waals surface area (Å²) in [6.07, 6.45) is 10.2. The molecule has 0 radical (unpaired) electrons. The summed E-state index contributed by atoms with van der Waals surface area (Å²) < 4.78 is 7.15. The molecule has 0 spiro atoms. The van der Waals surface area contributed by atoms with Gasteiger partial charge in [-0.15, -0.1) is 0 Å². The zero-order valence-electron chi connectivity index (χ0n) is 27.0. The molecule has 7 nitrogen and oxygen atoms in total. The minimum Gasteiger partial charge on any atom is -0.478 e. The van der Waals surface area contributed by atoms with Gasteiger partial charge in [-0.3, -0.25) is 9.48 Å². The van der Waals surface area contributed by atoms with Crippen molar-refractivity contribution in [1.82, 2.24) is 15.1 Å². The highest BCUT2D eigenvalue weighted by Gasteiger charge is 2.29. The molecule has 0 fully saturated rings. The lowest BCUT2D eigenvalue weighted by Gasteiger charge is -2.23. The minimum atomic E-state index is -1.22. The fourth-order valence-electron chi connectivity index (χ4n) is 3.59. The topological polar surface area (TPSA) is 93.4 Å². The third-order valence-corrected chi connectivity index (χ3v) is 6.27. The number of carbonyl (C=O) groups excluding carboxylic acids is 1. The summed E-state index contributed by atoms with van der Waals surface area (Å²) in [5, 5.41) is 16.4. The predicted octanol–water partition coefficient (Wildman–Crippen LogP) is 7.68. The van der Waals surface area contributed by atoms with Crippen molar-refractivity contribution in [1.29, 1.82) is 0 Å². The van der Waals surface area contributed by atoms with E-state index < -0.39 is 11.6 Å². The zero-order valence-corrected chi connectivity index (χ0v) is 27.0. The Labute approximate surface area is 252 Å². The average Bonchev–Trinajstić information content (AvgIpc) is 3.32. The molecular weight excluding hydrogens is 526 g/mol. The van der Waals surface area contributed by atoms with Crippen LogP contribution in [0.4, 0.5) is 0 Å². The molecule has 0 unspecified atom stereocenters. The number of benzene rings is 2. The maximum atomic E-state index is 11.0. The number of carboxylic acids is 1. The molecule has 3 aromatic rings. The van der Waals surface area contributed by atoms with Gasteiger partial charge in [0.1, 0.15) is 11.4 Å². The van der Waals surface area contributed by atoms with E-state index >= 15 is 0 Å². The SMILES string of the molecule is C/C=C\C=C/CC.CNCc1ccc(C)c(OC(C)(C)C(=O)O)c1.Cn1nc(-c2ccc(C(C)(C)C)cc2)cc1C=O. The van der Waals surface area contributed by atoms with E-state index in [4.69, 9.17) is 9.84 Å². The molecule has 0 aliphatic carbocycles. The number of allylic oxidation sites excluding steroid dienone is 4. The number of aliphatic carboxylic acids is 1. The maximum Gasteiger partial charge on any atom is 0.347 e. The van der Waals surface area contributed by atoms with Crippen LogP contribution in [0.15, 0.2) is 72.8 Å². The summed E-state index contributed by atoms with van der Waals surface area (Å²) in [7, 11) is 3.64. The van der Waals surface area contributed by atoms with Crippen molar-refractivity contribution in [2.75, 3.05) is 7.05 Å². The number of ether oxygens (including phenoxy) is 1. The molecule has 0 atom stereocenters. The van der Waals surface area contributed by atoms with E-state index in [9.17, 15) is 9.59 Å². The van der Waals surface area contributed by atoms with Crippen LogP contribution in [0.3, 0.4) is 0 Å². The number of nitrogens with zero attached hydrogens (tertiary/aromatic N) is 2. The Morgan fingerprint density at radius 3 is 2.17 bits per heavy atom. The monoisotopic (exact) mass is 575 g/mol. The van der Waals surface area contributed by atoms with Crippen molar-refractivity contribution >= 4 is 12.3 Å². The number of aryl methyl sites for hydroxylation is 2. The molecule has 1 aromatic heterocycles. The normalized spacial score (nSPS) is 11.5. The van der Waals surface area contributed by atoms with Crippen molar-refractivity contribution in [2.24, 2.45) is 7.05 Å². The Kier molecular flexibility index (Phi) is 14.7. The van der Waals surface area contributed by atoms with Crippen molar-refractivity contribution in [3.63, 3.8) is 0 Å². The van der Waals surface area contributed by atoms with Gasteiger partial charge in [0.15, 0.2) is 11.9 Å². The van der Waals surface area contributed by atoms with Crippen molar-refractivity contribution in [3.05, 3.63) is 95.2 Å². The molecule has 0 amide bonds. The molecule has 0 bridgehead atoms. The van der Waals surface area contributed by atoms with Crippen LogP contribution in [0, 0.1) is 6.92 Å². The average molecular weight is 576 g/mol. The van der Waals surface area contributed by atoms with Crippen LogP contribution >= 0.6 is 0 Å². The molecule has 0 aliphatic rings. The second kappa shape index (κ2) is 17.1. The number of carbonyl (C=O) groups is 2. The highest BCUT2D eigenvalue weighted by atomic mass is 16.5. The third-order valence-electron chi connectivity index (χ3n) is 6.27. The number of hydrogen-bond donors (Lipinski definition) is 2. The first-order valence-corrected chi connectivity index (χ1v) is 14.2. The highest BCUT2D eigenvalue weighted by molar-refractivity contribution is 5.77. The molecule has 0 aliphatic heterocycles. The lowest BCUT2D eigenvalue weighted by atomic mass is 9.86. The summed E-state index contributed by atoms with van der Waals surface area (Å²) in [6, 6.07) is 15.9. The van der Waals surface area contributed by atoms with Crippen molar-refractivity contribution in [3.8, 4) is 17.0 Å². The smallest absolute Gasteiger partial charge is 0.347 e. The summed E-state index contributed by atoms with van der Waals surface area (Å²) in [4.78, 5) is 21.8. The Bertz CT molecular complexity index is 1330. The summed E-state index contributed by atoms with van der Waals surface area (Å²) in [5.41, 5.74) is 4.67. The molecular formula is C35H49N3O4. The van der Waals surface area contributed by atoms with E-state index in [1.54, 1.807) is 31.6 Å². The van der Waals surface area contributed by atoms with Gasteiger partial charge in [-0.1, -0.05) is 88.4 Å². The first-order chi connectivity index (χ1) is 19.7. The van der Waals surface area contributed by atoms with E-state index in [-0.39, 0.29) is 5.41 Å². The van der Waals surface area contributed by atoms with Gasteiger partial charge in [0.25, 0.3) is 0 Å². The number of rotatable bonds is 9. The summed E-state index contributed by atoms with van der Waals surface area (Å²) in [6.45, 7) is 16.4. The number of aldehydes is 1. The number of nitrogens with one attached hydrogen (secondary N) is 1. The minimum absolute atomic E-state index is 0.149. The molecule has 2 N–H and O–H groups in total. The fraction of sp³-hybridized carbons (Fsp3) is 0.400. The van der Waals surface area contributed by atoms with Gasteiger partial charge in [-0.05, 0) is 75.4 Å². The number of hydrogen-bond acceptors (Lipinski definition) is 5. The molecule has 1 heterocycles. The quantitative estimate of drug-likeness (QED) is 0.201. The standard InChI is InChI=1S/C15H18N2O.C13H19NO3.C7H12/c1-15(2,3)12-7-5-11(6-8-12)14-9-13(10-18)17(4)16-14;1-9-5-6-10(8-14-4)7-11(9)17-13(2,3)12(15)16;1-3-5-7-6-4-2/h5-10H,1-4H3;5-7,14H,8H2,1-4H3,(H,15,16);3,5-7H,4H2,1-2H3/b;;5-3-,7-6-. The molecule has 42 heavy (non-hydrogen) atoms. The Morgan fingerprint density at radius 1 is 1.05 bits per heavy atom. The lowest BCUT2D eigenvalue weighted by molar-refractivity contribution is -0.152. The first-order valence-electron chi connectivity index (χ1n) is 14.2. The predicted molar refractivity (Wildman–Crippen MR) is 173 cm³/mol. The zero-order chi connectivity index (χ0) is 31.9. The van der Waals surface area contributed by atoms with E-state index in [1.807, 2.05) is 51.2 Å². The first kappa shape index (κ1) is 36.1. The van der Waals surface area contributed by atoms with E-state index in [2.05, 4.69) is 74.5 Å². The van der Waals surface area contributed by atoms with Crippen LogP contribution in [0.25, 0.3) is 11.3 Å². The third kappa shape index (κ3) is 11.9. The van der Waals surface area contributed by atoms with Gasteiger partial charge in [0.2, 0.25) is 0 Å². The van der Waals surface area contributed by atoms with Crippen LogP contribution in [-0.2, 0) is 23.8 Å². The Balaban J connectivity index is 0.000000345. The van der Waals surface area contributed by atoms with Gasteiger partial charge < -0.3 is 15.2 Å². The summed E-state index contributed by atoms with van der Waals surface area (Å²) in [5.74, 6) is -0.360.